The summed E-state index contributed by atoms with van der Waals surface area (Å²) in [4.78, 5) is 12.2. The van der Waals surface area contributed by atoms with Gasteiger partial charge in [-0.2, -0.15) is 0 Å². The van der Waals surface area contributed by atoms with E-state index in [1.54, 1.807) is 12.1 Å². The Morgan fingerprint density at radius 3 is 2.69 bits per heavy atom. The average Bonchev–Trinajstić information content (AvgIpc) is 3.07. The second-order valence-electron chi connectivity index (χ2n) is 6.21. The molecule has 0 bridgehead atoms. The van der Waals surface area contributed by atoms with E-state index >= 15 is 0 Å². The highest BCUT2D eigenvalue weighted by Crippen LogP contribution is 2.26. The third kappa shape index (κ3) is 5.98. The van der Waals surface area contributed by atoms with Gasteiger partial charge < -0.3 is 14.6 Å². The van der Waals surface area contributed by atoms with Gasteiger partial charge in [0.25, 0.3) is 0 Å². The summed E-state index contributed by atoms with van der Waals surface area (Å²) in [6, 6.07) is 13.3. The molecule has 6 nitrogen and oxygen atoms in total. The number of hydrogen-bond donors (Lipinski definition) is 1. The third-order valence-corrected chi connectivity index (χ3v) is 5.99. The minimum atomic E-state index is -0.170. The van der Waals surface area contributed by atoms with E-state index < -0.39 is 0 Å². The normalized spacial score (nSPS) is 10.8. The van der Waals surface area contributed by atoms with Crippen LogP contribution < -0.4 is 10.1 Å². The number of anilines is 1. The lowest BCUT2D eigenvalue weighted by atomic mass is 10.2. The van der Waals surface area contributed by atoms with Crippen molar-refractivity contribution in [3.8, 4) is 5.75 Å². The van der Waals surface area contributed by atoms with E-state index in [-0.39, 0.29) is 11.7 Å². The van der Waals surface area contributed by atoms with Crippen molar-refractivity contribution < 1.29 is 9.53 Å². The standard InChI is InChI=1S/C20H20BrClN4O2S/c1-3-13-4-7-15(8-5-13)28-11-18-24-25-20(26(18)2)29-12-19(27)23-17-9-6-14(21)10-16(17)22/h4-10H,3,11-12H2,1-2H3,(H,23,27). The molecule has 0 saturated heterocycles. The third-order valence-electron chi connectivity index (χ3n) is 4.16. The Kier molecular flexibility index (Phi) is 7.57. The average molecular weight is 496 g/mol. The van der Waals surface area contributed by atoms with E-state index in [4.69, 9.17) is 16.3 Å². The number of hydrogen-bond acceptors (Lipinski definition) is 5. The lowest BCUT2D eigenvalue weighted by Crippen LogP contribution is -2.15. The van der Waals surface area contributed by atoms with Crippen LogP contribution in [0.25, 0.3) is 0 Å². The molecule has 1 N–H and O–H groups in total. The number of nitrogens with zero attached hydrogens (tertiary/aromatic N) is 3. The first-order valence-corrected chi connectivity index (χ1v) is 11.1. The molecular weight excluding hydrogens is 476 g/mol. The van der Waals surface area contributed by atoms with E-state index in [1.807, 2.05) is 41.9 Å². The highest BCUT2D eigenvalue weighted by atomic mass is 79.9. The predicted molar refractivity (Wildman–Crippen MR) is 120 cm³/mol. The molecule has 3 rings (SSSR count). The van der Waals surface area contributed by atoms with Crippen LogP contribution in [-0.2, 0) is 24.9 Å². The van der Waals surface area contributed by atoms with Gasteiger partial charge in [-0.25, -0.2) is 0 Å². The number of thioether (sulfide) groups is 1. The Morgan fingerprint density at radius 1 is 1.24 bits per heavy atom. The van der Waals surface area contributed by atoms with Gasteiger partial charge in [0.05, 0.1) is 16.5 Å². The number of ether oxygens (including phenoxy) is 1. The molecule has 3 aromatic rings. The molecule has 2 aromatic carbocycles. The number of carbonyl (C=O) groups excluding carboxylic acids is 1. The van der Waals surface area contributed by atoms with Gasteiger partial charge in [0.15, 0.2) is 11.0 Å². The summed E-state index contributed by atoms with van der Waals surface area (Å²) in [6.07, 6.45) is 0.992. The van der Waals surface area contributed by atoms with Crippen LogP contribution in [0.1, 0.15) is 18.3 Å². The number of rotatable bonds is 8. The minimum absolute atomic E-state index is 0.170. The Labute approximate surface area is 187 Å². The molecule has 0 aliphatic carbocycles. The van der Waals surface area contributed by atoms with Crippen LogP contribution in [0.15, 0.2) is 52.1 Å². The lowest BCUT2D eigenvalue weighted by Gasteiger charge is -2.08. The van der Waals surface area contributed by atoms with Gasteiger partial charge >= 0.3 is 0 Å². The zero-order chi connectivity index (χ0) is 20.8. The van der Waals surface area contributed by atoms with Gasteiger partial charge in [0, 0.05) is 11.5 Å². The molecule has 152 valence electrons. The van der Waals surface area contributed by atoms with Gasteiger partial charge in [-0.05, 0) is 42.3 Å². The van der Waals surface area contributed by atoms with Crippen molar-refractivity contribution in [3.05, 3.63) is 63.3 Å². The lowest BCUT2D eigenvalue weighted by molar-refractivity contribution is -0.113. The number of aromatic nitrogens is 3. The molecule has 29 heavy (non-hydrogen) atoms. The molecule has 0 spiro atoms. The van der Waals surface area contributed by atoms with Crippen molar-refractivity contribution >= 4 is 50.9 Å². The molecular formula is C20H20BrClN4O2S. The fourth-order valence-electron chi connectivity index (χ4n) is 2.47. The van der Waals surface area contributed by atoms with Crippen LogP contribution in [-0.4, -0.2) is 26.4 Å². The van der Waals surface area contributed by atoms with E-state index in [9.17, 15) is 4.79 Å². The number of benzene rings is 2. The van der Waals surface area contributed by atoms with E-state index in [2.05, 4.69) is 38.4 Å². The fourth-order valence-corrected chi connectivity index (χ4v) is 3.92. The number of carbonyl (C=O) groups is 1. The summed E-state index contributed by atoms with van der Waals surface area (Å²) < 4.78 is 8.46. The molecule has 9 heteroatoms. The summed E-state index contributed by atoms with van der Waals surface area (Å²) >= 11 is 10.8. The molecule has 1 aromatic heterocycles. The van der Waals surface area contributed by atoms with Gasteiger partial charge in [0.1, 0.15) is 12.4 Å². The summed E-state index contributed by atoms with van der Waals surface area (Å²) in [5, 5.41) is 12.2. The molecule has 0 radical (unpaired) electrons. The van der Waals surface area contributed by atoms with Crippen LogP contribution in [0.2, 0.25) is 5.02 Å². The first kappa shape index (κ1) is 21.7. The first-order valence-electron chi connectivity index (χ1n) is 8.94. The predicted octanol–water partition coefficient (Wildman–Crippen LogP) is 5.10. The Morgan fingerprint density at radius 2 is 2.00 bits per heavy atom. The molecule has 1 amide bonds. The highest BCUT2D eigenvalue weighted by molar-refractivity contribution is 9.10. The van der Waals surface area contributed by atoms with Crippen LogP contribution in [0.4, 0.5) is 5.69 Å². The number of aryl methyl sites for hydroxylation is 1. The summed E-state index contributed by atoms with van der Waals surface area (Å²) in [7, 11) is 1.85. The molecule has 0 saturated carbocycles. The summed E-state index contributed by atoms with van der Waals surface area (Å²) in [5.41, 5.74) is 1.83. The largest absolute Gasteiger partial charge is 0.486 e. The van der Waals surface area contributed by atoms with Gasteiger partial charge in [0.2, 0.25) is 5.91 Å². The Balaban J connectivity index is 1.52. The first-order chi connectivity index (χ1) is 14.0. The second kappa shape index (κ2) is 10.1. The Bertz CT molecular complexity index is 995. The number of nitrogens with one attached hydrogen (secondary N) is 1. The Hall–Kier alpha value is -2.03. The smallest absolute Gasteiger partial charge is 0.234 e. The van der Waals surface area contributed by atoms with Crippen molar-refractivity contribution in [1.29, 1.82) is 0 Å². The van der Waals surface area contributed by atoms with Gasteiger partial charge in [-0.1, -0.05) is 58.3 Å². The molecule has 1 heterocycles. The van der Waals surface area contributed by atoms with Crippen molar-refractivity contribution in [1.82, 2.24) is 14.8 Å². The summed E-state index contributed by atoms with van der Waals surface area (Å²) in [5.74, 6) is 1.49. The monoisotopic (exact) mass is 494 g/mol. The maximum atomic E-state index is 12.2. The maximum absolute atomic E-state index is 12.2. The zero-order valence-electron chi connectivity index (χ0n) is 16.0. The molecule has 0 fully saturated rings. The van der Waals surface area contributed by atoms with E-state index in [0.717, 1.165) is 16.6 Å². The fraction of sp³-hybridized carbons (Fsp3) is 0.250. The molecule has 0 unspecified atom stereocenters. The highest BCUT2D eigenvalue weighted by Gasteiger charge is 2.13. The van der Waals surface area contributed by atoms with Gasteiger partial charge in [-0.3, -0.25) is 4.79 Å². The topological polar surface area (TPSA) is 69.0 Å². The maximum Gasteiger partial charge on any atom is 0.234 e. The molecule has 0 atom stereocenters. The van der Waals surface area contributed by atoms with Crippen LogP contribution in [0.3, 0.4) is 0 Å². The number of amides is 1. The van der Waals surface area contributed by atoms with Crippen LogP contribution in [0.5, 0.6) is 5.75 Å². The van der Waals surface area contributed by atoms with Crippen molar-refractivity contribution in [2.45, 2.75) is 25.1 Å². The van der Waals surface area contributed by atoms with Crippen molar-refractivity contribution in [2.75, 3.05) is 11.1 Å². The van der Waals surface area contributed by atoms with Crippen LogP contribution in [0, 0.1) is 0 Å². The minimum Gasteiger partial charge on any atom is -0.486 e. The molecule has 0 aliphatic heterocycles. The van der Waals surface area contributed by atoms with Crippen molar-refractivity contribution in [3.63, 3.8) is 0 Å². The zero-order valence-corrected chi connectivity index (χ0v) is 19.1. The number of halogens is 2. The SMILES string of the molecule is CCc1ccc(OCc2nnc(SCC(=O)Nc3ccc(Br)cc3Cl)n2C)cc1. The van der Waals surface area contributed by atoms with E-state index in [0.29, 0.717) is 28.3 Å². The summed E-state index contributed by atoms with van der Waals surface area (Å²) in [6.45, 7) is 2.42. The second-order valence-corrected chi connectivity index (χ2v) is 8.47. The van der Waals surface area contributed by atoms with E-state index in [1.165, 1.54) is 17.3 Å². The van der Waals surface area contributed by atoms with Crippen LogP contribution >= 0.6 is 39.3 Å². The quantitative estimate of drug-likeness (QED) is 0.440. The van der Waals surface area contributed by atoms with Gasteiger partial charge in [-0.15, -0.1) is 10.2 Å². The van der Waals surface area contributed by atoms with Crippen molar-refractivity contribution in [2.24, 2.45) is 7.05 Å². The molecule has 0 aliphatic rings.